The van der Waals surface area contributed by atoms with Crippen molar-refractivity contribution in [2.75, 3.05) is 36.4 Å². The molecule has 5 rings (SSSR count). The Kier molecular flexibility index (Phi) is 8.44. The summed E-state index contributed by atoms with van der Waals surface area (Å²) in [6.07, 6.45) is 2.54. The lowest BCUT2D eigenvalue weighted by atomic mass is 10.1. The van der Waals surface area contributed by atoms with Crippen molar-refractivity contribution in [3.63, 3.8) is 0 Å². The SMILES string of the molecule is O=C(Nc1cc(S(=O)(=O)N2CCCCC2)ccc1Oc1cc(Cl)cc(Cl)c1)c1cc(N2CCNC2=O)ccc1Cl. The van der Waals surface area contributed by atoms with E-state index in [2.05, 4.69) is 10.6 Å². The predicted octanol–water partition coefficient (Wildman–Crippen LogP) is 6.40. The van der Waals surface area contributed by atoms with E-state index in [0.717, 1.165) is 19.3 Å². The van der Waals surface area contributed by atoms with E-state index in [1.807, 2.05) is 0 Å². The number of benzene rings is 3. The van der Waals surface area contributed by atoms with Crippen molar-refractivity contribution in [2.24, 2.45) is 0 Å². The third-order valence-electron chi connectivity index (χ3n) is 6.58. The molecule has 0 spiro atoms. The van der Waals surface area contributed by atoms with Gasteiger partial charge >= 0.3 is 6.03 Å². The monoisotopic (exact) mass is 622 g/mol. The summed E-state index contributed by atoms with van der Waals surface area (Å²) in [5.74, 6) is -0.164. The van der Waals surface area contributed by atoms with Gasteiger partial charge in [0.2, 0.25) is 10.0 Å². The van der Waals surface area contributed by atoms with Crippen LogP contribution in [0.3, 0.4) is 0 Å². The van der Waals surface area contributed by atoms with Crippen molar-refractivity contribution in [1.82, 2.24) is 9.62 Å². The normalized spacial score (nSPS) is 16.1. The van der Waals surface area contributed by atoms with E-state index in [-0.39, 0.29) is 32.9 Å². The van der Waals surface area contributed by atoms with Gasteiger partial charge in [-0.2, -0.15) is 4.31 Å². The molecule has 0 bridgehead atoms. The summed E-state index contributed by atoms with van der Waals surface area (Å²) in [4.78, 5) is 27.1. The quantitative estimate of drug-likeness (QED) is 0.317. The maximum Gasteiger partial charge on any atom is 0.321 e. The largest absolute Gasteiger partial charge is 0.455 e. The lowest BCUT2D eigenvalue weighted by Gasteiger charge is -2.26. The van der Waals surface area contributed by atoms with Crippen LogP contribution < -0.4 is 20.3 Å². The fraction of sp³-hybridized carbons (Fsp3) is 0.259. The average Bonchev–Trinajstić information content (AvgIpc) is 3.35. The minimum atomic E-state index is -3.81. The molecule has 2 aliphatic rings. The van der Waals surface area contributed by atoms with Gasteiger partial charge in [-0.1, -0.05) is 41.2 Å². The van der Waals surface area contributed by atoms with E-state index in [0.29, 0.717) is 47.7 Å². The maximum atomic E-state index is 13.5. The highest BCUT2D eigenvalue weighted by atomic mass is 35.5. The van der Waals surface area contributed by atoms with Crippen molar-refractivity contribution in [3.05, 3.63) is 75.2 Å². The topological polar surface area (TPSA) is 108 Å². The summed E-state index contributed by atoms with van der Waals surface area (Å²) in [5, 5.41) is 6.29. The van der Waals surface area contributed by atoms with Crippen LogP contribution in [-0.4, -0.2) is 50.8 Å². The molecule has 9 nitrogen and oxygen atoms in total. The number of carbonyl (C=O) groups is 2. The standard InChI is InChI=1S/C27H25Cl3N4O5S/c28-17-12-18(29)14-20(13-17)39-25-7-5-21(40(37,38)33-9-2-1-3-10-33)16-24(25)32-26(35)22-15-19(4-6-23(22)30)34-11-8-31-27(34)36/h4-7,12-16H,1-3,8-11H2,(H,31,36)(H,32,35). The molecule has 0 unspecified atom stereocenters. The summed E-state index contributed by atoms with van der Waals surface area (Å²) in [6, 6.07) is 13.3. The molecule has 0 aromatic heterocycles. The number of anilines is 2. The van der Waals surface area contributed by atoms with Crippen molar-refractivity contribution in [3.8, 4) is 11.5 Å². The number of ether oxygens (including phenoxy) is 1. The molecular formula is C27H25Cl3N4O5S. The Hall–Kier alpha value is -3.02. The number of rotatable bonds is 7. The van der Waals surface area contributed by atoms with Crippen LogP contribution in [0.2, 0.25) is 15.1 Å². The molecule has 3 aromatic rings. The number of nitrogens with zero attached hydrogens (tertiary/aromatic N) is 2. The van der Waals surface area contributed by atoms with Crippen molar-refractivity contribution in [1.29, 1.82) is 0 Å². The Morgan fingerprint density at radius 2 is 1.62 bits per heavy atom. The highest BCUT2D eigenvalue weighted by Gasteiger charge is 2.28. The van der Waals surface area contributed by atoms with Gasteiger partial charge in [-0.25, -0.2) is 13.2 Å². The Bertz CT molecular complexity index is 1560. The van der Waals surface area contributed by atoms with Crippen LogP contribution in [0.1, 0.15) is 29.6 Å². The Balaban J connectivity index is 1.51. The van der Waals surface area contributed by atoms with Gasteiger partial charge in [0.1, 0.15) is 5.75 Å². The first-order valence-corrected chi connectivity index (χ1v) is 15.1. The molecule has 2 aliphatic heterocycles. The number of carbonyl (C=O) groups excluding carboxylic acids is 2. The third-order valence-corrected chi connectivity index (χ3v) is 9.24. The molecule has 0 saturated carbocycles. The second kappa shape index (κ2) is 11.8. The number of piperidine rings is 1. The highest BCUT2D eigenvalue weighted by molar-refractivity contribution is 7.89. The average molecular weight is 624 g/mol. The predicted molar refractivity (Wildman–Crippen MR) is 156 cm³/mol. The van der Waals surface area contributed by atoms with Crippen molar-refractivity contribution < 1.29 is 22.7 Å². The van der Waals surface area contributed by atoms with Crippen molar-refractivity contribution >= 4 is 68.1 Å². The second-order valence-corrected chi connectivity index (χ2v) is 12.5. The lowest BCUT2D eigenvalue weighted by molar-refractivity contribution is 0.102. The van der Waals surface area contributed by atoms with E-state index in [9.17, 15) is 18.0 Å². The van der Waals surface area contributed by atoms with Crippen LogP contribution in [0.5, 0.6) is 11.5 Å². The van der Waals surface area contributed by atoms with Gasteiger partial charge in [-0.05, 0) is 67.4 Å². The third kappa shape index (κ3) is 6.16. The second-order valence-electron chi connectivity index (χ2n) is 9.33. The van der Waals surface area contributed by atoms with Crippen LogP contribution in [0, 0.1) is 0 Å². The van der Waals surface area contributed by atoms with Gasteiger partial charge in [-0.15, -0.1) is 0 Å². The molecular weight excluding hydrogens is 599 g/mol. The van der Waals surface area contributed by atoms with Gasteiger partial charge in [0, 0.05) is 41.9 Å². The minimum Gasteiger partial charge on any atom is -0.455 e. The fourth-order valence-electron chi connectivity index (χ4n) is 4.59. The molecule has 3 aromatic carbocycles. The zero-order valence-corrected chi connectivity index (χ0v) is 24.2. The first-order chi connectivity index (χ1) is 19.1. The van der Waals surface area contributed by atoms with Crippen LogP contribution in [0.4, 0.5) is 16.2 Å². The summed E-state index contributed by atoms with van der Waals surface area (Å²) in [5.41, 5.74) is 0.690. The zero-order valence-electron chi connectivity index (χ0n) is 21.1. The molecule has 40 heavy (non-hydrogen) atoms. The number of sulfonamides is 1. The van der Waals surface area contributed by atoms with E-state index in [4.69, 9.17) is 39.5 Å². The van der Waals surface area contributed by atoms with E-state index in [1.54, 1.807) is 24.3 Å². The minimum absolute atomic E-state index is 0.00904. The molecule has 2 heterocycles. The molecule has 13 heteroatoms. The molecule has 0 atom stereocenters. The van der Waals surface area contributed by atoms with Gasteiger partial charge in [0.15, 0.2) is 5.75 Å². The maximum absolute atomic E-state index is 13.5. The number of nitrogens with one attached hydrogen (secondary N) is 2. The Labute approximate surface area is 247 Å². The number of halogens is 3. The molecule has 0 aliphatic carbocycles. The fourth-order valence-corrected chi connectivity index (χ4v) is 6.84. The smallest absolute Gasteiger partial charge is 0.321 e. The Morgan fingerprint density at radius 3 is 2.30 bits per heavy atom. The first kappa shape index (κ1) is 28.5. The molecule has 210 valence electrons. The van der Waals surface area contributed by atoms with E-state index >= 15 is 0 Å². The molecule has 3 amide bonds. The number of amides is 3. The van der Waals surface area contributed by atoms with Crippen LogP contribution in [0.25, 0.3) is 0 Å². The van der Waals surface area contributed by atoms with E-state index in [1.165, 1.54) is 39.5 Å². The summed E-state index contributed by atoms with van der Waals surface area (Å²) >= 11 is 18.6. The van der Waals surface area contributed by atoms with Crippen LogP contribution >= 0.6 is 34.8 Å². The lowest BCUT2D eigenvalue weighted by Crippen LogP contribution is -2.35. The number of hydrogen-bond acceptors (Lipinski definition) is 5. The summed E-state index contributed by atoms with van der Waals surface area (Å²) in [6.45, 7) is 1.78. The van der Waals surface area contributed by atoms with Gasteiger partial charge < -0.3 is 15.4 Å². The van der Waals surface area contributed by atoms with Crippen molar-refractivity contribution in [2.45, 2.75) is 24.2 Å². The first-order valence-electron chi connectivity index (χ1n) is 12.6. The van der Waals surface area contributed by atoms with Gasteiger partial charge in [0.25, 0.3) is 5.91 Å². The molecule has 0 radical (unpaired) electrons. The van der Waals surface area contributed by atoms with Gasteiger partial charge in [-0.3, -0.25) is 9.69 Å². The van der Waals surface area contributed by atoms with Crippen LogP contribution in [0.15, 0.2) is 59.5 Å². The number of hydrogen-bond donors (Lipinski definition) is 2. The molecule has 2 fully saturated rings. The number of urea groups is 1. The molecule has 2 saturated heterocycles. The molecule has 2 N–H and O–H groups in total. The van der Waals surface area contributed by atoms with Crippen LogP contribution in [-0.2, 0) is 10.0 Å². The Morgan fingerprint density at radius 1 is 0.900 bits per heavy atom. The summed E-state index contributed by atoms with van der Waals surface area (Å²) < 4.78 is 34.2. The van der Waals surface area contributed by atoms with E-state index < -0.39 is 15.9 Å². The zero-order chi connectivity index (χ0) is 28.4. The highest BCUT2D eigenvalue weighted by Crippen LogP contribution is 2.36. The van der Waals surface area contributed by atoms with Gasteiger partial charge in [0.05, 0.1) is 21.2 Å². The summed E-state index contributed by atoms with van der Waals surface area (Å²) in [7, 11) is -3.81.